The number of rotatable bonds is 9. The average molecular weight is 503 g/mol. The predicted octanol–water partition coefficient (Wildman–Crippen LogP) is 7.36. The Hall–Kier alpha value is -1.69. The molecule has 0 radical (unpaired) electrons. The third kappa shape index (κ3) is 6.41. The van der Waals surface area contributed by atoms with Crippen molar-refractivity contribution in [3.05, 3.63) is 91.1 Å². The van der Waals surface area contributed by atoms with Crippen LogP contribution in [0.4, 0.5) is 4.39 Å². The smallest absolute Gasteiger partial charge is 0.180 e. The number of halogens is 5. The fraction of sp³-hybridized carbons (Fsp3) is 0.217. The molecule has 0 bridgehead atoms. The Morgan fingerprint density at radius 1 is 0.935 bits per heavy atom. The van der Waals surface area contributed by atoms with E-state index < -0.39 is 5.82 Å². The van der Waals surface area contributed by atoms with Crippen LogP contribution in [0.2, 0.25) is 20.1 Å². The molecule has 3 nitrogen and oxygen atoms in total. The van der Waals surface area contributed by atoms with Crippen molar-refractivity contribution in [3.63, 3.8) is 0 Å². The Balaban J connectivity index is 1.62. The van der Waals surface area contributed by atoms with Crippen molar-refractivity contribution >= 4 is 46.4 Å². The quantitative estimate of drug-likeness (QED) is 0.310. The molecule has 31 heavy (non-hydrogen) atoms. The van der Waals surface area contributed by atoms with Crippen LogP contribution in [0, 0.1) is 5.82 Å². The van der Waals surface area contributed by atoms with Crippen molar-refractivity contribution < 1.29 is 13.9 Å². The summed E-state index contributed by atoms with van der Waals surface area (Å²) < 4.78 is 25.2. The van der Waals surface area contributed by atoms with Gasteiger partial charge in [0, 0.05) is 22.2 Å². The van der Waals surface area contributed by atoms with Crippen molar-refractivity contribution in [1.82, 2.24) is 5.32 Å². The van der Waals surface area contributed by atoms with Crippen LogP contribution in [0.15, 0.2) is 48.5 Å². The summed E-state index contributed by atoms with van der Waals surface area (Å²) in [5, 5.41) is 5.27. The van der Waals surface area contributed by atoms with Gasteiger partial charge in [-0.1, -0.05) is 58.5 Å². The number of hydrogen-bond donors (Lipinski definition) is 1. The molecule has 3 aromatic rings. The van der Waals surface area contributed by atoms with E-state index >= 15 is 0 Å². The van der Waals surface area contributed by atoms with E-state index in [-0.39, 0.29) is 17.2 Å². The molecule has 0 heterocycles. The van der Waals surface area contributed by atoms with Crippen LogP contribution in [0.5, 0.6) is 11.5 Å². The Morgan fingerprint density at radius 3 is 2.45 bits per heavy atom. The van der Waals surface area contributed by atoms with E-state index in [2.05, 4.69) is 5.32 Å². The van der Waals surface area contributed by atoms with Gasteiger partial charge in [0.1, 0.15) is 12.4 Å². The second-order valence-corrected chi connectivity index (χ2v) is 8.42. The van der Waals surface area contributed by atoms with Crippen LogP contribution in [-0.4, -0.2) is 13.7 Å². The fourth-order valence-corrected chi connectivity index (χ4v) is 4.02. The van der Waals surface area contributed by atoms with Gasteiger partial charge in [0.2, 0.25) is 0 Å². The molecule has 3 aromatic carbocycles. The Morgan fingerprint density at radius 2 is 1.74 bits per heavy atom. The monoisotopic (exact) mass is 501 g/mol. The minimum atomic E-state index is -0.441. The maximum absolute atomic E-state index is 14.0. The highest BCUT2D eigenvalue weighted by molar-refractivity contribution is 6.35. The molecule has 0 atom stereocenters. The Kier molecular flexibility index (Phi) is 8.70. The zero-order valence-corrected chi connectivity index (χ0v) is 19.7. The molecule has 0 fully saturated rings. The summed E-state index contributed by atoms with van der Waals surface area (Å²) in [5.41, 5.74) is 2.19. The van der Waals surface area contributed by atoms with Gasteiger partial charge in [-0.3, -0.25) is 0 Å². The highest BCUT2D eigenvalue weighted by atomic mass is 35.5. The molecule has 0 aliphatic rings. The molecule has 8 heteroatoms. The third-order valence-electron chi connectivity index (χ3n) is 4.63. The molecular formula is C23H20Cl4FNO2. The van der Waals surface area contributed by atoms with Gasteiger partial charge in [0.15, 0.2) is 11.5 Å². The van der Waals surface area contributed by atoms with Gasteiger partial charge in [-0.15, -0.1) is 0 Å². The molecule has 164 valence electrons. The first-order chi connectivity index (χ1) is 14.9. The molecule has 0 spiro atoms. The summed E-state index contributed by atoms with van der Waals surface area (Å²) in [6.07, 6.45) is 0.755. The van der Waals surface area contributed by atoms with Crippen LogP contribution in [0.1, 0.15) is 16.7 Å². The molecule has 0 aliphatic carbocycles. The first kappa shape index (κ1) is 24.0. The predicted molar refractivity (Wildman–Crippen MR) is 126 cm³/mol. The SMILES string of the molecule is COc1cc(CNCCc2ccc(Cl)cc2Cl)cc(Cl)c1OCc1c(F)cccc1Cl. The van der Waals surface area contributed by atoms with Crippen molar-refractivity contribution in [3.8, 4) is 11.5 Å². The Bertz CT molecular complexity index is 1040. The highest BCUT2D eigenvalue weighted by Gasteiger charge is 2.15. The van der Waals surface area contributed by atoms with Crippen LogP contribution < -0.4 is 14.8 Å². The first-order valence-electron chi connectivity index (χ1n) is 9.45. The summed E-state index contributed by atoms with van der Waals surface area (Å²) in [6, 6.07) is 13.6. The van der Waals surface area contributed by atoms with E-state index in [1.165, 1.54) is 19.2 Å². The Labute approximate surface area is 201 Å². The topological polar surface area (TPSA) is 30.5 Å². The second kappa shape index (κ2) is 11.3. The van der Waals surface area contributed by atoms with Crippen molar-refractivity contribution in [2.75, 3.05) is 13.7 Å². The zero-order valence-electron chi connectivity index (χ0n) is 16.7. The van der Waals surface area contributed by atoms with Gasteiger partial charge in [0.05, 0.1) is 17.2 Å². The molecule has 0 aliphatic heterocycles. The number of nitrogens with one attached hydrogen (secondary N) is 1. The van der Waals surface area contributed by atoms with Crippen molar-refractivity contribution in [2.24, 2.45) is 0 Å². The zero-order chi connectivity index (χ0) is 22.4. The highest BCUT2D eigenvalue weighted by Crippen LogP contribution is 2.37. The summed E-state index contributed by atoms with van der Waals surface area (Å²) in [4.78, 5) is 0. The van der Waals surface area contributed by atoms with Gasteiger partial charge in [0.25, 0.3) is 0 Å². The van der Waals surface area contributed by atoms with E-state index in [1.54, 1.807) is 18.2 Å². The molecule has 0 saturated carbocycles. The van der Waals surface area contributed by atoms with Crippen LogP contribution >= 0.6 is 46.4 Å². The molecular weight excluding hydrogens is 483 g/mol. The fourth-order valence-electron chi connectivity index (χ4n) is 3.01. The first-order valence-corrected chi connectivity index (χ1v) is 11.0. The number of methoxy groups -OCH3 is 1. The lowest BCUT2D eigenvalue weighted by Crippen LogP contribution is -2.17. The van der Waals surface area contributed by atoms with E-state index in [0.717, 1.165) is 17.5 Å². The van der Waals surface area contributed by atoms with E-state index in [9.17, 15) is 4.39 Å². The van der Waals surface area contributed by atoms with Gasteiger partial charge < -0.3 is 14.8 Å². The normalized spacial score (nSPS) is 10.9. The number of hydrogen-bond acceptors (Lipinski definition) is 3. The maximum Gasteiger partial charge on any atom is 0.180 e. The van der Waals surface area contributed by atoms with Crippen LogP contribution in [-0.2, 0) is 19.6 Å². The lowest BCUT2D eigenvalue weighted by atomic mass is 10.1. The number of benzene rings is 3. The summed E-state index contributed by atoms with van der Waals surface area (Å²) in [7, 11) is 1.52. The molecule has 0 aromatic heterocycles. The van der Waals surface area contributed by atoms with Gasteiger partial charge in [-0.2, -0.15) is 0 Å². The van der Waals surface area contributed by atoms with E-state index in [0.29, 0.717) is 39.7 Å². The van der Waals surface area contributed by atoms with Gasteiger partial charge >= 0.3 is 0 Å². The minimum absolute atomic E-state index is 0.0684. The van der Waals surface area contributed by atoms with Crippen molar-refractivity contribution in [2.45, 2.75) is 19.6 Å². The van der Waals surface area contributed by atoms with Crippen LogP contribution in [0.25, 0.3) is 0 Å². The van der Waals surface area contributed by atoms with Gasteiger partial charge in [-0.05, 0) is 60.5 Å². The molecule has 0 saturated heterocycles. The van der Waals surface area contributed by atoms with E-state index in [4.69, 9.17) is 55.9 Å². The summed E-state index contributed by atoms with van der Waals surface area (Å²) in [5.74, 6) is 0.349. The second-order valence-electron chi connectivity index (χ2n) is 6.76. The van der Waals surface area contributed by atoms with Crippen LogP contribution in [0.3, 0.4) is 0 Å². The lowest BCUT2D eigenvalue weighted by Gasteiger charge is -2.15. The molecule has 3 rings (SSSR count). The number of ether oxygens (including phenoxy) is 2. The maximum atomic E-state index is 14.0. The summed E-state index contributed by atoms with van der Waals surface area (Å²) >= 11 is 24.6. The molecule has 1 N–H and O–H groups in total. The van der Waals surface area contributed by atoms with Gasteiger partial charge in [-0.25, -0.2) is 4.39 Å². The molecule has 0 unspecified atom stereocenters. The minimum Gasteiger partial charge on any atom is -0.493 e. The standard InChI is InChI=1S/C23H20Cl4FNO2/c1-30-22-10-14(12-29-8-7-15-5-6-16(24)11-19(15)26)9-20(27)23(22)31-13-17-18(25)3-2-4-21(17)28/h2-6,9-11,29H,7-8,12-13H2,1H3. The molecule has 0 amide bonds. The average Bonchev–Trinajstić information content (AvgIpc) is 2.73. The summed E-state index contributed by atoms with van der Waals surface area (Å²) in [6.45, 7) is 1.22. The van der Waals surface area contributed by atoms with E-state index in [1.807, 2.05) is 18.2 Å². The largest absolute Gasteiger partial charge is 0.493 e. The lowest BCUT2D eigenvalue weighted by molar-refractivity contribution is 0.280. The third-order valence-corrected chi connectivity index (χ3v) is 5.85. The van der Waals surface area contributed by atoms with Crippen molar-refractivity contribution in [1.29, 1.82) is 0 Å².